The highest BCUT2D eigenvalue weighted by Crippen LogP contribution is 2.34. The lowest BCUT2D eigenvalue weighted by Gasteiger charge is -2.21. The number of ether oxygens (including phenoxy) is 1. The fourth-order valence-electron chi connectivity index (χ4n) is 3.24. The van der Waals surface area contributed by atoms with Gasteiger partial charge < -0.3 is 9.64 Å². The third-order valence-corrected chi connectivity index (χ3v) is 6.88. The topological polar surface area (TPSA) is 45.7 Å². The van der Waals surface area contributed by atoms with Crippen LogP contribution in [0.1, 0.15) is 26.2 Å². The molecule has 3 aromatic rings. The first kappa shape index (κ1) is 26.5. The number of carbonyl (C=O) groups excluding carboxylic acids is 1. The third kappa shape index (κ3) is 7.66. The van der Waals surface area contributed by atoms with E-state index in [9.17, 15) is 4.79 Å². The van der Waals surface area contributed by atoms with E-state index < -0.39 is 0 Å². The van der Waals surface area contributed by atoms with Crippen molar-refractivity contribution in [2.75, 3.05) is 44.4 Å². The zero-order chi connectivity index (χ0) is 22.1. The van der Waals surface area contributed by atoms with Crippen molar-refractivity contribution in [1.82, 2.24) is 9.88 Å². The van der Waals surface area contributed by atoms with Crippen LogP contribution in [0.25, 0.3) is 10.2 Å². The van der Waals surface area contributed by atoms with Crippen LogP contribution in [-0.4, -0.2) is 55.3 Å². The monoisotopic (exact) mass is 493 g/mol. The molecule has 32 heavy (non-hydrogen) atoms. The minimum absolute atomic E-state index is 0. The normalized spacial score (nSPS) is 10.9. The second-order valence-corrected chi connectivity index (χ2v) is 9.68. The molecule has 0 bridgehead atoms. The molecule has 0 saturated carbocycles. The van der Waals surface area contributed by atoms with Crippen LogP contribution in [0.4, 0.5) is 5.13 Å². The zero-order valence-corrected chi connectivity index (χ0v) is 21.4. The van der Waals surface area contributed by atoms with Gasteiger partial charge in [0.05, 0.1) is 11.3 Å². The molecule has 5 nitrogen and oxygen atoms in total. The first-order valence-electron chi connectivity index (χ1n) is 10.7. The van der Waals surface area contributed by atoms with Crippen molar-refractivity contribution in [2.24, 2.45) is 0 Å². The maximum Gasteiger partial charge on any atom is 0.228 e. The summed E-state index contributed by atoms with van der Waals surface area (Å²) in [5.74, 6) is 1.85. The Kier molecular flexibility index (Phi) is 11.3. The van der Waals surface area contributed by atoms with Gasteiger partial charge in [-0.2, -0.15) is 0 Å². The third-order valence-electron chi connectivity index (χ3n) is 4.74. The maximum absolute atomic E-state index is 13.2. The van der Waals surface area contributed by atoms with E-state index in [0.717, 1.165) is 46.2 Å². The Morgan fingerprint density at radius 1 is 1.06 bits per heavy atom. The maximum atomic E-state index is 13.2. The largest absolute Gasteiger partial charge is 0.492 e. The Bertz CT molecular complexity index is 966. The molecule has 0 N–H and O–H groups in total. The van der Waals surface area contributed by atoms with Gasteiger partial charge in [0, 0.05) is 17.9 Å². The van der Waals surface area contributed by atoms with E-state index in [1.54, 1.807) is 23.1 Å². The molecule has 0 aliphatic rings. The van der Waals surface area contributed by atoms with Crippen molar-refractivity contribution in [3.05, 3.63) is 48.5 Å². The van der Waals surface area contributed by atoms with Crippen LogP contribution in [0, 0.1) is 0 Å². The summed E-state index contributed by atoms with van der Waals surface area (Å²) in [4.78, 5) is 23.2. The quantitative estimate of drug-likeness (QED) is 0.229. The van der Waals surface area contributed by atoms with Crippen LogP contribution in [-0.2, 0) is 4.79 Å². The van der Waals surface area contributed by atoms with Gasteiger partial charge in [0.2, 0.25) is 5.91 Å². The molecule has 0 fully saturated rings. The molecule has 0 spiro atoms. The van der Waals surface area contributed by atoms with Crippen LogP contribution in [0.3, 0.4) is 0 Å². The van der Waals surface area contributed by atoms with E-state index in [2.05, 4.69) is 31.1 Å². The summed E-state index contributed by atoms with van der Waals surface area (Å²) < 4.78 is 6.79. The number of thioether (sulfide) groups is 1. The Labute approximate surface area is 205 Å². The molecule has 174 valence electrons. The molecule has 0 unspecified atom stereocenters. The minimum atomic E-state index is 0. The second kappa shape index (κ2) is 13.7. The predicted octanol–water partition coefficient (Wildman–Crippen LogP) is 5.97. The lowest BCUT2D eigenvalue weighted by atomic mass is 10.3. The highest BCUT2D eigenvalue weighted by Gasteiger charge is 2.20. The van der Waals surface area contributed by atoms with E-state index in [-0.39, 0.29) is 18.3 Å². The van der Waals surface area contributed by atoms with Crippen LogP contribution >= 0.6 is 35.5 Å². The van der Waals surface area contributed by atoms with Crippen molar-refractivity contribution in [2.45, 2.75) is 31.1 Å². The van der Waals surface area contributed by atoms with Crippen molar-refractivity contribution in [1.29, 1.82) is 0 Å². The lowest BCUT2D eigenvalue weighted by Crippen LogP contribution is -2.33. The number of nitrogens with zero attached hydrogens (tertiary/aromatic N) is 3. The van der Waals surface area contributed by atoms with Gasteiger partial charge in [-0.05, 0) is 70.4 Å². The summed E-state index contributed by atoms with van der Waals surface area (Å²) in [6, 6.07) is 16.3. The summed E-state index contributed by atoms with van der Waals surface area (Å²) in [6.45, 7) is 4.17. The Balaban J connectivity index is 0.00000363. The summed E-state index contributed by atoms with van der Waals surface area (Å²) in [5.41, 5.74) is 0.842. The first-order valence-corrected chi connectivity index (χ1v) is 12.5. The van der Waals surface area contributed by atoms with Gasteiger partial charge in [-0.25, -0.2) is 4.98 Å². The Hall–Kier alpha value is -1.80. The molecule has 0 saturated heterocycles. The summed E-state index contributed by atoms with van der Waals surface area (Å²) >= 11 is 3.36. The van der Waals surface area contributed by atoms with Gasteiger partial charge in [-0.1, -0.05) is 35.6 Å². The van der Waals surface area contributed by atoms with Crippen molar-refractivity contribution < 1.29 is 9.53 Å². The smallest absolute Gasteiger partial charge is 0.228 e. The molecule has 3 rings (SSSR count). The number of anilines is 1. The van der Waals surface area contributed by atoms with Gasteiger partial charge >= 0.3 is 0 Å². The summed E-state index contributed by atoms with van der Waals surface area (Å²) in [6.07, 6.45) is 2.28. The van der Waals surface area contributed by atoms with Crippen LogP contribution in [0.5, 0.6) is 5.75 Å². The number of carbonyl (C=O) groups is 1. The molecule has 0 aliphatic heterocycles. The summed E-state index contributed by atoms with van der Waals surface area (Å²) in [5, 5.41) is 0.765. The molecule has 0 aliphatic carbocycles. The van der Waals surface area contributed by atoms with E-state index in [1.807, 2.05) is 48.2 Å². The number of halogens is 1. The van der Waals surface area contributed by atoms with Crippen LogP contribution in [0.2, 0.25) is 0 Å². The standard InChI is InChI=1S/C24H31N3O2S2.ClH/c1-4-29-20-13-8-14-21-23(20)25-24(31-21)27(17-10-16-26(2)3)22(28)15-9-18-30-19-11-6-5-7-12-19;/h5-8,11-14H,4,9-10,15-18H2,1-3H3;1H. The SMILES string of the molecule is CCOc1cccc2sc(N(CCCN(C)C)C(=O)CCCSc3ccccc3)nc12.Cl. The van der Waals surface area contributed by atoms with Gasteiger partial charge in [0.1, 0.15) is 11.3 Å². The number of rotatable bonds is 12. The first-order chi connectivity index (χ1) is 15.1. The molecule has 1 amide bonds. The molecule has 0 atom stereocenters. The number of benzene rings is 2. The van der Waals surface area contributed by atoms with Crippen molar-refractivity contribution in [3.63, 3.8) is 0 Å². The minimum Gasteiger partial charge on any atom is -0.492 e. The summed E-state index contributed by atoms with van der Waals surface area (Å²) in [7, 11) is 4.11. The number of para-hydroxylation sites is 1. The molecular weight excluding hydrogens is 462 g/mol. The van der Waals surface area contributed by atoms with Gasteiger partial charge in [0.25, 0.3) is 0 Å². The second-order valence-electron chi connectivity index (χ2n) is 7.50. The van der Waals surface area contributed by atoms with Gasteiger partial charge in [-0.15, -0.1) is 24.2 Å². The highest BCUT2D eigenvalue weighted by molar-refractivity contribution is 7.99. The molecule has 2 aromatic carbocycles. The molecule has 1 heterocycles. The van der Waals surface area contributed by atoms with Crippen LogP contribution in [0.15, 0.2) is 53.4 Å². The fraction of sp³-hybridized carbons (Fsp3) is 0.417. The molecular formula is C24H32ClN3O2S2. The van der Waals surface area contributed by atoms with E-state index >= 15 is 0 Å². The molecule has 0 radical (unpaired) electrons. The zero-order valence-electron chi connectivity index (χ0n) is 19.0. The molecule has 8 heteroatoms. The molecule has 1 aromatic heterocycles. The number of amides is 1. The highest BCUT2D eigenvalue weighted by atomic mass is 35.5. The van der Waals surface area contributed by atoms with Crippen LogP contribution < -0.4 is 9.64 Å². The fourth-order valence-corrected chi connectivity index (χ4v) is 5.14. The van der Waals surface area contributed by atoms with E-state index in [0.29, 0.717) is 19.6 Å². The lowest BCUT2D eigenvalue weighted by molar-refractivity contribution is -0.118. The number of fused-ring (bicyclic) bond motifs is 1. The number of aromatic nitrogens is 1. The number of hydrogen-bond acceptors (Lipinski definition) is 6. The van der Waals surface area contributed by atoms with Gasteiger partial charge in [0.15, 0.2) is 5.13 Å². The van der Waals surface area contributed by atoms with E-state index in [1.165, 1.54) is 4.90 Å². The van der Waals surface area contributed by atoms with Crippen molar-refractivity contribution >= 4 is 56.8 Å². The van der Waals surface area contributed by atoms with Crippen molar-refractivity contribution in [3.8, 4) is 5.75 Å². The van der Waals surface area contributed by atoms with Gasteiger partial charge in [-0.3, -0.25) is 9.69 Å². The predicted molar refractivity (Wildman–Crippen MR) is 140 cm³/mol. The number of hydrogen-bond donors (Lipinski definition) is 0. The average molecular weight is 494 g/mol. The Morgan fingerprint density at radius 3 is 2.56 bits per heavy atom. The average Bonchev–Trinajstić information content (AvgIpc) is 3.20. The number of thiazole rings is 1. The Morgan fingerprint density at radius 2 is 1.84 bits per heavy atom. The van der Waals surface area contributed by atoms with E-state index in [4.69, 9.17) is 9.72 Å².